The van der Waals surface area contributed by atoms with E-state index in [0.29, 0.717) is 0 Å². The fraction of sp³-hybridized carbons (Fsp3) is 0.143. The van der Waals surface area contributed by atoms with E-state index < -0.39 is 20.2 Å². The highest BCUT2D eigenvalue weighted by Gasteiger charge is 2.47. The first kappa shape index (κ1) is 11.8. The van der Waals surface area contributed by atoms with Crippen LogP contribution in [0.4, 0.5) is 13.2 Å². The van der Waals surface area contributed by atoms with E-state index in [1.54, 1.807) is 22.6 Å². The average molecular weight is 336 g/mol. The van der Waals surface area contributed by atoms with Gasteiger partial charge in [0, 0.05) is 3.57 Å². The predicted octanol–water partition coefficient (Wildman–Crippen LogP) is 2.58. The van der Waals surface area contributed by atoms with Crippen LogP contribution in [0.25, 0.3) is 0 Å². The summed E-state index contributed by atoms with van der Waals surface area (Å²) in [5.41, 5.74) is -5.24. The maximum Gasteiger partial charge on any atom is 0.501 e. The van der Waals surface area contributed by atoms with Crippen molar-refractivity contribution >= 4 is 32.4 Å². The first-order valence-corrected chi connectivity index (χ1v) is 5.89. The largest absolute Gasteiger partial charge is 0.501 e. The van der Waals surface area contributed by atoms with Gasteiger partial charge in [0.2, 0.25) is 0 Å². The lowest BCUT2D eigenvalue weighted by Gasteiger charge is -2.08. The zero-order chi connectivity index (χ0) is 11.0. The molecule has 78 valence electrons. The third-order valence-electron chi connectivity index (χ3n) is 1.43. The van der Waals surface area contributed by atoms with E-state index in [0.717, 1.165) is 6.07 Å². The van der Waals surface area contributed by atoms with Crippen LogP contribution in [0.3, 0.4) is 0 Å². The van der Waals surface area contributed by atoms with Gasteiger partial charge in [0.15, 0.2) is 0 Å². The van der Waals surface area contributed by atoms with Crippen molar-refractivity contribution in [3.05, 3.63) is 27.8 Å². The van der Waals surface area contributed by atoms with Crippen LogP contribution in [0.2, 0.25) is 0 Å². The van der Waals surface area contributed by atoms with Crippen molar-refractivity contribution in [2.24, 2.45) is 0 Å². The van der Waals surface area contributed by atoms with Gasteiger partial charge in [0.1, 0.15) is 0 Å². The number of rotatable bonds is 1. The summed E-state index contributed by atoms with van der Waals surface area (Å²) in [5.74, 6) is 0. The first-order chi connectivity index (χ1) is 6.27. The monoisotopic (exact) mass is 336 g/mol. The van der Waals surface area contributed by atoms with E-state index in [9.17, 15) is 21.6 Å². The minimum Gasteiger partial charge on any atom is -0.214 e. The van der Waals surface area contributed by atoms with Crippen molar-refractivity contribution in [2.75, 3.05) is 0 Å². The molecule has 0 heterocycles. The Balaban J connectivity index is 3.40. The summed E-state index contributed by atoms with van der Waals surface area (Å²) in [5, 5.41) is 0. The lowest BCUT2D eigenvalue weighted by atomic mass is 10.4. The summed E-state index contributed by atoms with van der Waals surface area (Å²) in [7, 11) is -5.21. The van der Waals surface area contributed by atoms with Gasteiger partial charge >= 0.3 is 5.51 Å². The Labute approximate surface area is 92.2 Å². The first-order valence-electron chi connectivity index (χ1n) is 3.32. The smallest absolute Gasteiger partial charge is 0.214 e. The molecule has 0 amide bonds. The van der Waals surface area contributed by atoms with E-state index >= 15 is 0 Å². The maximum absolute atomic E-state index is 12.1. The van der Waals surface area contributed by atoms with E-state index in [1.165, 1.54) is 18.2 Å². The number of hydrogen-bond acceptors (Lipinski definition) is 2. The highest BCUT2D eigenvalue weighted by Crippen LogP contribution is 2.32. The number of halogens is 4. The minimum atomic E-state index is -5.24. The second-order valence-electron chi connectivity index (χ2n) is 2.38. The van der Waals surface area contributed by atoms with Gasteiger partial charge in [0.25, 0.3) is 9.84 Å². The van der Waals surface area contributed by atoms with Gasteiger partial charge in [-0.1, -0.05) is 12.1 Å². The van der Waals surface area contributed by atoms with Crippen molar-refractivity contribution < 1.29 is 21.6 Å². The fourth-order valence-corrected chi connectivity index (χ4v) is 2.88. The maximum atomic E-state index is 12.1. The molecule has 0 aliphatic heterocycles. The van der Waals surface area contributed by atoms with Crippen molar-refractivity contribution in [1.82, 2.24) is 0 Å². The second kappa shape index (κ2) is 3.69. The molecule has 2 nitrogen and oxygen atoms in total. The van der Waals surface area contributed by atoms with E-state index in [4.69, 9.17) is 0 Å². The van der Waals surface area contributed by atoms with Crippen LogP contribution in [-0.4, -0.2) is 13.9 Å². The second-order valence-corrected chi connectivity index (χ2v) is 5.45. The Hall–Kier alpha value is -0.310. The molecule has 0 spiro atoms. The van der Waals surface area contributed by atoms with Gasteiger partial charge in [-0.3, -0.25) is 0 Å². The third kappa shape index (κ3) is 2.02. The molecule has 0 unspecified atom stereocenters. The molecule has 1 rings (SSSR count). The quantitative estimate of drug-likeness (QED) is 0.739. The van der Waals surface area contributed by atoms with Crippen molar-refractivity contribution in [3.63, 3.8) is 0 Å². The molecule has 0 aliphatic carbocycles. The Morgan fingerprint density at radius 2 is 1.64 bits per heavy atom. The summed E-state index contributed by atoms with van der Waals surface area (Å²) in [4.78, 5) is -0.701. The lowest BCUT2D eigenvalue weighted by Crippen LogP contribution is -2.23. The number of sulfone groups is 1. The molecule has 0 aromatic heterocycles. The molecule has 0 atom stereocenters. The normalized spacial score (nSPS) is 12.9. The Bertz CT molecular complexity index is 438. The summed E-state index contributed by atoms with van der Waals surface area (Å²) in [6.07, 6.45) is 0. The zero-order valence-corrected chi connectivity index (χ0v) is 9.52. The summed E-state index contributed by atoms with van der Waals surface area (Å²) < 4.78 is 58.3. The summed E-state index contributed by atoms with van der Waals surface area (Å²) in [6, 6.07) is 4.96. The van der Waals surface area contributed by atoms with Gasteiger partial charge in [-0.15, -0.1) is 0 Å². The minimum absolute atomic E-state index is 0.0578. The molecule has 0 saturated heterocycles. The SMILES string of the molecule is O=S(=O)(c1ccccc1I)C(F)(F)F. The topological polar surface area (TPSA) is 34.1 Å². The molecular weight excluding hydrogens is 332 g/mol. The van der Waals surface area contributed by atoms with Gasteiger partial charge in [-0.25, -0.2) is 8.42 Å². The zero-order valence-electron chi connectivity index (χ0n) is 6.55. The average Bonchev–Trinajstić information content (AvgIpc) is 2.02. The Kier molecular flexibility index (Phi) is 3.10. The molecular formula is C7H4F3IO2S. The molecule has 0 fully saturated rings. The van der Waals surface area contributed by atoms with Gasteiger partial charge in [-0.2, -0.15) is 13.2 Å². The Morgan fingerprint density at radius 1 is 1.14 bits per heavy atom. The molecule has 0 aliphatic rings. The van der Waals surface area contributed by atoms with E-state index in [2.05, 4.69) is 0 Å². The van der Waals surface area contributed by atoms with Crippen molar-refractivity contribution in [3.8, 4) is 0 Å². The molecule has 0 radical (unpaired) electrons. The standard InChI is InChI=1S/C7H4F3IO2S/c8-7(9,10)14(12,13)6-4-2-1-3-5(6)11/h1-4H. The lowest BCUT2D eigenvalue weighted by molar-refractivity contribution is -0.0436. The van der Waals surface area contributed by atoms with Crippen LogP contribution in [-0.2, 0) is 9.84 Å². The van der Waals surface area contributed by atoms with E-state index in [-0.39, 0.29) is 3.57 Å². The molecule has 0 N–H and O–H groups in total. The molecule has 0 bridgehead atoms. The van der Waals surface area contributed by atoms with Gasteiger partial charge in [0.05, 0.1) is 4.90 Å². The highest BCUT2D eigenvalue weighted by atomic mass is 127. The fourth-order valence-electron chi connectivity index (χ4n) is 0.787. The molecule has 7 heteroatoms. The summed E-state index contributed by atoms with van der Waals surface area (Å²) >= 11 is 1.55. The highest BCUT2D eigenvalue weighted by molar-refractivity contribution is 14.1. The summed E-state index contributed by atoms with van der Waals surface area (Å²) in [6.45, 7) is 0. The predicted molar refractivity (Wildman–Crippen MR) is 52.4 cm³/mol. The molecule has 0 saturated carbocycles. The number of benzene rings is 1. The van der Waals surface area contributed by atoms with Gasteiger partial charge < -0.3 is 0 Å². The Morgan fingerprint density at radius 3 is 2.07 bits per heavy atom. The molecule has 1 aromatic carbocycles. The number of hydrogen-bond donors (Lipinski definition) is 0. The van der Waals surface area contributed by atoms with Crippen LogP contribution < -0.4 is 0 Å². The van der Waals surface area contributed by atoms with E-state index in [1.807, 2.05) is 0 Å². The van der Waals surface area contributed by atoms with Crippen LogP contribution in [0.15, 0.2) is 29.2 Å². The van der Waals surface area contributed by atoms with Gasteiger partial charge in [-0.05, 0) is 34.7 Å². The van der Waals surface area contributed by atoms with Crippen molar-refractivity contribution in [1.29, 1.82) is 0 Å². The van der Waals surface area contributed by atoms with Crippen LogP contribution >= 0.6 is 22.6 Å². The van der Waals surface area contributed by atoms with Crippen LogP contribution in [0, 0.1) is 3.57 Å². The van der Waals surface area contributed by atoms with Crippen LogP contribution in [0.1, 0.15) is 0 Å². The third-order valence-corrected chi connectivity index (χ3v) is 4.28. The number of alkyl halides is 3. The molecule has 1 aromatic rings. The van der Waals surface area contributed by atoms with Crippen molar-refractivity contribution in [2.45, 2.75) is 10.4 Å². The van der Waals surface area contributed by atoms with Crippen LogP contribution in [0.5, 0.6) is 0 Å². The molecule has 14 heavy (non-hydrogen) atoms.